The lowest BCUT2D eigenvalue weighted by Gasteiger charge is -2.00. The van der Waals surface area contributed by atoms with Gasteiger partial charge < -0.3 is 14.6 Å². The van der Waals surface area contributed by atoms with E-state index >= 15 is 0 Å². The third-order valence-electron chi connectivity index (χ3n) is 2.84. The van der Waals surface area contributed by atoms with Crippen LogP contribution < -0.4 is 0 Å². The monoisotopic (exact) mass is 302 g/mol. The van der Waals surface area contributed by atoms with Gasteiger partial charge in [-0.05, 0) is 18.2 Å². The zero-order valence-corrected chi connectivity index (χ0v) is 12.1. The van der Waals surface area contributed by atoms with E-state index in [0.29, 0.717) is 28.3 Å². The van der Waals surface area contributed by atoms with Crippen molar-refractivity contribution >= 4 is 28.9 Å². The van der Waals surface area contributed by atoms with Gasteiger partial charge in [-0.1, -0.05) is 30.3 Å². The fraction of sp³-hybridized carbons (Fsp3) is 0.0667. The lowest BCUT2D eigenvalue weighted by atomic mass is 10.0. The number of carbonyl (C=O) groups excluding carboxylic acids is 1. The van der Waals surface area contributed by atoms with Crippen molar-refractivity contribution < 1.29 is 14.5 Å². The highest BCUT2D eigenvalue weighted by Crippen LogP contribution is 2.20. The summed E-state index contributed by atoms with van der Waals surface area (Å²) in [6.45, 7) is 0. The Morgan fingerprint density at radius 3 is 2.48 bits per heavy atom. The summed E-state index contributed by atoms with van der Waals surface area (Å²) in [4.78, 5) is 19.4. The molecule has 108 valence electrons. The predicted molar refractivity (Wildman–Crippen MR) is 82.6 cm³/mol. The highest BCUT2D eigenvalue weighted by atomic mass is 32.2. The quantitative estimate of drug-likeness (QED) is 0.511. The van der Waals surface area contributed by atoms with E-state index in [1.54, 1.807) is 30.3 Å². The molecule has 2 aromatic carbocycles. The number of H-pyrrole nitrogens is 1. The molecule has 0 aliphatic rings. The van der Waals surface area contributed by atoms with E-state index in [9.17, 15) is 4.79 Å². The zero-order chi connectivity index (χ0) is 15.2. The number of aromatic nitrogens is 2. The second-order valence-corrected chi connectivity index (χ2v) is 4.63. The molecule has 0 amide bonds. The molecule has 0 saturated heterocycles. The molecule has 0 bridgehead atoms. The summed E-state index contributed by atoms with van der Waals surface area (Å²) in [5.41, 5.74) is 2.70. The van der Waals surface area contributed by atoms with Crippen LogP contribution in [0.1, 0.15) is 15.9 Å². The number of rotatable bonds is 3. The molecule has 0 unspecified atom stereocenters. The first-order valence-electron chi connectivity index (χ1n) is 6.13. The van der Waals surface area contributed by atoms with Crippen LogP contribution in [-0.4, -0.2) is 32.5 Å². The van der Waals surface area contributed by atoms with Crippen molar-refractivity contribution in [2.45, 2.75) is 5.16 Å². The van der Waals surface area contributed by atoms with Gasteiger partial charge in [-0.3, -0.25) is 4.79 Å². The number of nitrogens with one attached hydrogen (secondary N) is 1. The number of ketones is 1. The topological polar surface area (TPSA) is 86.2 Å². The Morgan fingerprint density at radius 2 is 1.81 bits per heavy atom. The molecule has 5 nitrogen and oxygen atoms in total. The van der Waals surface area contributed by atoms with Crippen molar-refractivity contribution in [3.63, 3.8) is 0 Å². The number of hydrogen-bond acceptors (Lipinski definition) is 5. The summed E-state index contributed by atoms with van der Waals surface area (Å²) in [5.74, 6) is -0.0321. The standard InChI is InChI=1S/C14H10N2O2S.CH4O/c17-13(9-4-2-1-3-5-9)10-6-7-11-12(8-10)16-14(15-11)19-18;1-2/h1-8,18H,(H,15,16);2H,1H3. The van der Waals surface area contributed by atoms with Crippen molar-refractivity contribution in [1.82, 2.24) is 9.97 Å². The first-order chi connectivity index (χ1) is 10.3. The number of hydrogen-bond donors (Lipinski definition) is 3. The minimum Gasteiger partial charge on any atom is -0.400 e. The molecule has 3 aromatic rings. The van der Waals surface area contributed by atoms with Crippen molar-refractivity contribution in [2.24, 2.45) is 0 Å². The van der Waals surface area contributed by atoms with E-state index in [1.807, 2.05) is 18.2 Å². The number of fused-ring (bicyclic) bond motifs is 1. The molecule has 6 heteroatoms. The SMILES string of the molecule is CO.O=C(c1ccccc1)c1ccc2nc(SO)[nH]c2c1. The third-order valence-corrected chi connectivity index (χ3v) is 3.21. The zero-order valence-electron chi connectivity index (χ0n) is 11.3. The van der Waals surface area contributed by atoms with Crippen LogP contribution in [0, 0.1) is 0 Å². The van der Waals surface area contributed by atoms with Crippen molar-refractivity contribution in [2.75, 3.05) is 7.11 Å². The number of nitrogens with zero attached hydrogens (tertiary/aromatic N) is 1. The molecule has 0 aliphatic carbocycles. The average Bonchev–Trinajstić information content (AvgIpc) is 2.99. The lowest BCUT2D eigenvalue weighted by molar-refractivity contribution is 0.103. The normalized spacial score (nSPS) is 10.0. The van der Waals surface area contributed by atoms with Crippen molar-refractivity contribution in [1.29, 1.82) is 0 Å². The molecule has 0 aliphatic heterocycles. The van der Waals surface area contributed by atoms with Crippen LogP contribution in [0.4, 0.5) is 0 Å². The van der Waals surface area contributed by atoms with E-state index in [0.717, 1.165) is 18.1 Å². The second kappa shape index (κ2) is 7.03. The average molecular weight is 302 g/mol. The number of imidazole rings is 1. The molecule has 21 heavy (non-hydrogen) atoms. The Bertz CT molecular complexity index is 741. The molecular formula is C15H14N2O3S. The summed E-state index contributed by atoms with van der Waals surface area (Å²) in [7, 11) is 1.00. The summed E-state index contributed by atoms with van der Waals surface area (Å²) in [6, 6.07) is 14.4. The number of carbonyl (C=O) groups is 1. The summed E-state index contributed by atoms with van der Waals surface area (Å²) >= 11 is 0.554. The van der Waals surface area contributed by atoms with Crippen LogP contribution in [0.2, 0.25) is 0 Å². The Morgan fingerprint density at radius 1 is 1.10 bits per heavy atom. The van der Waals surface area contributed by atoms with E-state index in [2.05, 4.69) is 9.97 Å². The van der Waals surface area contributed by atoms with E-state index < -0.39 is 0 Å². The van der Waals surface area contributed by atoms with Gasteiger partial charge in [-0.25, -0.2) is 4.98 Å². The van der Waals surface area contributed by atoms with Gasteiger partial charge in [0.15, 0.2) is 10.9 Å². The number of aromatic amines is 1. The Kier molecular flexibility index (Phi) is 5.10. The summed E-state index contributed by atoms with van der Waals surface area (Å²) in [5, 5.41) is 7.42. The smallest absolute Gasteiger partial charge is 0.193 e. The lowest BCUT2D eigenvalue weighted by Crippen LogP contribution is -2.00. The van der Waals surface area contributed by atoms with Gasteiger partial charge in [-0.15, -0.1) is 0 Å². The molecule has 1 aromatic heterocycles. The van der Waals surface area contributed by atoms with Gasteiger partial charge in [0.25, 0.3) is 0 Å². The summed E-state index contributed by atoms with van der Waals surface area (Å²) < 4.78 is 8.95. The van der Waals surface area contributed by atoms with E-state index in [4.69, 9.17) is 9.66 Å². The fourth-order valence-corrected chi connectivity index (χ4v) is 2.22. The van der Waals surface area contributed by atoms with Gasteiger partial charge >= 0.3 is 0 Å². The third kappa shape index (κ3) is 3.30. The first kappa shape index (κ1) is 15.2. The predicted octanol–water partition coefficient (Wildman–Crippen LogP) is 2.97. The highest BCUT2D eigenvalue weighted by molar-refractivity contribution is 7.93. The Labute approximate surface area is 125 Å². The van der Waals surface area contributed by atoms with Gasteiger partial charge in [0, 0.05) is 18.2 Å². The maximum atomic E-state index is 12.3. The van der Waals surface area contributed by atoms with Crippen molar-refractivity contribution in [3.8, 4) is 0 Å². The number of aliphatic hydroxyl groups excluding tert-OH is 1. The minimum absolute atomic E-state index is 0.0321. The van der Waals surface area contributed by atoms with Gasteiger partial charge in [0.2, 0.25) is 0 Å². The Balaban J connectivity index is 0.000000774. The minimum atomic E-state index is -0.0321. The summed E-state index contributed by atoms with van der Waals surface area (Å²) in [6.07, 6.45) is 0. The molecule has 1 heterocycles. The van der Waals surface area contributed by atoms with Crippen LogP contribution in [0.5, 0.6) is 0 Å². The van der Waals surface area contributed by atoms with Gasteiger partial charge in [0.05, 0.1) is 23.1 Å². The second-order valence-electron chi connectivity index (χ2n) is 4.06. The van der Waals surface area contributed by atoms with Gasteiger partial charge in [-0.2, -0.15) is 0 Å². The fourth-order valence-electron chi connectivity index (χ4n) is 1.93. The molecule has 3 N–H and O–H groups in total. The van der Waals surface area contributed by atoms with Crippen LogP contribution in [0.25, 0.3) is 11.0 Å². The molecule has 0 radical (unpaired) electrons. The molecule has 0 atom stereocenters. The highest BCUT2D eigenvalue weighted by Gasteiger charge is 2.10. The van der Waals surface area contributed by atoms with E-state index in [-0.39, 0.29) is 5.78 Å². The van der Waals surface area contributed by atoms with Crippen LogP contribution in [-0.2, 0) is 0 Å². The Hall–Kier alpha value is -2.15. The molecule has 0 saturated carbocycles. The van der Waals surface area contributed by atoms with Crippen LogP contribution in [0.3, 0.4) is 0 Å². The molecule has 0 fully saturated rings. The number of benzene rings is 2. The number of aliphatic hydroxyl groups is 1. The van der Waals surface area contributed by atoms with Gasteiger partial charge in [0.1, 0.15) is 0 Å². The van der Waals surface area contributed by atoms with Crippen molar-refractivity contribution in [3.05, 3.63) is 59.7 Å². The molecule has 0 spiro atoms. The van der Waals surface area contributed by atoms with E-state index in [1.165, 1.54) is 0 Å². The van der Waals surface area contributed by atoms with Crippen LogP contribution >= 0.6 is 12.0 Å². The first-order valence-corrected chi connectivity index (χ1v) is 6.91. The van der Waals surface area contributed by atoms with Crippen LogP contribution in [0.15, 0.2) is 53.7 Å². The largest absolute Gasteiger partial charge is 0.400 e. The molecular weight excluding hydrogens is 288 g/mol. The molecule has 3 rings (SSSR count). The maximum absolute atomic E-state index is 12.3. The maximum Gasteiger partial charge on any atom is 0.193 e.